The van der Waals surface area contributed by atoms with Gasteiger partial charge in [0.25, 0.3) is 0 Å². The van der Waals surface area contributed by atoms with Crippen molar-refractivity contribution in [3.05, 3.63) is 29.3 Å². The minimum Gasteiger partial charge on any atom is -0.508 e. The number of aryl methyl sites for hydroxylation is 1. The molecule has 1 aliphatic rings. The highest BCUT2D eigenvalue weighted by Crippen LogP contribution is 2.44. The molecule has 0 aromatic heterocycles. The highest BCUT2D eigenvalue weighted by molar-refractivity contribution is 5.38. The second-order valence-corrected chi connectivity index (χ2v) is 5.42. The fourth-order valence-electron chi connectivity index (χ4n) is 2.88. The van der Waals surface area contributed by atoms with Crippen molar-refractivity contribution in [2.24, 2.45) is 5.92 Å². The zero-order chi connectivity index (χ0) is 12.3. The molecule has 1 nitrogen and oxygen atoms in total. The van der Waals surface area contributed by atoms with Gasteiger partial charge in [-0.05, 0) is 48.3 Å². The largest absolute Gasteiger partial charge is 0.508 e. The predicted molar refractivity (Wildman–Crippen MR) is 72.5 cm³/mol. The maximum Gasteiger partial charge on any atom is 0.118 e. The van der Waals surface area contributed by atoms with Gasteiger partial charge in [-0.15, -0.1) is 0 Å². The summed E-state index contributed by atoms with van der Waals surface area (Å²) in [6.07, 6.45) is 7.74. The lowest BCUT2D eigenvalue weighted by atomic mass is 9.69. The quantitative estimate of drug-likeness (QED) is 0.784. The summed E-state index contributed by atoms with van der Waals surface area (Å²) >= 11 is 0. The lowest BCUT2D eigenvalue weighted by molar-refractivity contribution is 0.242. The Morgan fingerprint density at radius 2 is 2.00 bits per heavy atom. The first-order valence-corrected chi connectivity index (χ1v) is 7.06. The Morgan fingerprint density at radius 1 is 1.24 bits per heavy atom. The molecular formula is C16H24O. The van der Waals surface area contributed by atoms with E-state index in [0.29, 0.717) is 5.75 Å². The molecule has 0 atom stereocenters. The van der Waals surface area contributed by atoms with Crippen molar-refractivity contribution >= 4 is 0 Å². The lowest BCUT2D eigenvalue weighted by Gasteiger charge is -2.36. The summed E-state index contributed by atoms with van der Waals surface area (Å²) in [5.41, 5.74) is 2.53. The van der Waals surface area contributed by atoms with E-state index < -0.39 is 0 Å². The molecule has 1 fully saturated rings. The number of aromatic hydroxyl groups is 1. The number of rotatable bonds is 5. The molecule has 0 bridgehead atoms. The number of unbranched alkanes of at least 4 members (excludes halogenated alkanes) is 1. The predicted octanol–water partition coefficient (Wildman–Crippen LogP) is 4.64. The Kier molecular flexibility index (Phi) is 4.09. The SMILES string of the molecule is CCCCC1CC(c2ccc(O)c(CC)c2)C1. The molecule has 17 heavy (non-hydrogen) atoms. The Bertz CT molecular complexity index is 364. The van der Waals surface area contributed by atoms with Gasteiger partial charge in [0.2, 0.25) is 0 Å². The molecule has 94 valence electrons. The summed E-state index contributed by atoms with van der Waals surface area (Å²) in [5.74, 6) is 2.17. The first-order valence-electron chi connectivity index (χ1n) is 7.06. The molecule has 0 unspecified atom stereocenters. The van der Waals surface area contributed by atoms with E-state index in [4.69, 9.17) is 0 Å². The van der Waals surface area contributed by atoms with Gasteiger partial charge in [0.1, 0.15) is 5.75 Å². The van der Waals surface area contributed by atoms with Gasteiger partial charge in [0.15, 0.2) is 0 Å². The number of hydrogen-bond donors (Lipinski definition) is 1. The number of phenols is 1. The van der Waals surface area contributed by atoms with Crippen LogP contribution in [0.5, 0.6) is 5.75 Å². The monoisotopic (exact) mass is 232 g/mol. The van der Waals surface area contributed by atoms with E-state index in [1.807, 2.05) is 6.07 Å². The molecule has 0 radical (unpaired) electrons. The molecule has 1 aliphatic carbocycles. The zero-order valence-corrected chi connectivity index (χ0v) is 11.1. The van der Waals surface area contributed by atoms with E-state index in [1.165, 1.54) is 37.7 Å². The normalized spacial score (nSPS) is 23.4. The number of hydrogen-bond acceptors (Lipinski definition) is 1. The molecule has 1 saturated carbocycles. The number of benzene rings is 1. The van der Waals surface area contributed by atoms with E-state index in [1.54, 1.807) is 0 Å². The molecule has 0 heterocycles. The smallest absolute Gasteiger partial charge is 0.118 e. The molecule has 1 heteroatoms. The maximum atomic E-state index is 9.68. The molecule has 0 aliphatic heterocycles. The summed E-state index contributed by atoms with van der Waals surface area (Å²) in [6, 6.07) is 6.18. The lowest BCUT2D eigenvalue weighted by Crippen LogP contribution is -2.21. The molecule has 0 saturated heterocycles. The molecule has 1 aromatic rings. The van der Waals surface area contributed by atoms with Gasteiger partial charge in [0, 0.05) is 0 Å². The van der Waals surface area contributed by atoms with Crippen LogP contribution >= 0.6 is 0 Å². The van der Waals surface area contributed by atoms with Crippen LogP contribution < -0.4 is 0 Å². The summed E-state index contributed by atoms with van der Waals surface area (Å²) in [6.45, 7) is 4.37. The molecule has 2 rings (SSSR count). The van der Waals surface area contributed by atoms with Crippen LogP contribution in [0.4, 0.5) is 0 Å². The molecule has 1 aromatic carbocycles. The average Bonchev–Trinajstić information content (AvgIpc) is 2.29. The number of phenolic OH excluding ortho intramolecular Hbond substituents is 1. The van der Waals surface area contributed by atoms with Crippen LogP contribution in [-0.4, -0.2) is 5.11 Å². The van der Waals surface area contributed by atoms with Crippen LogP contribution in [0, 0.1) is 5.92 Å². The van der Waals surface area contributed by atoms with Crippen molar-refractivity contribution in [3.63, 3.8) is 0 Å². The third-order valence-electron chi connectivity index (χ3n) is 4.16. The zero-order valence-electron chi connectivity index (χ0n) is 11.1. The van der Waals surface area contributed by atoms with Gasteiger partial charge in [-0.25, -0.2) is 0 Å². The Balaban J connectivity index is 1.92. The summed E-state index contributed by atoms with van der Waals surface area (Å²) in [5, 5.41) is 9.68. The Labute approximate surface area is 105 Å². The van der Waals surface area contributed by atoms with Crippen molar-refractivity contribution in [1.82, 2.24) is 0 Å². The van der Waals surface area contributed by atoms with Crippen LogP contribution in [-0.2, 0) is 6.42 Å². The minimum atomic E-state index is 0.457. The third-order valence-corrected chi connectivity index (χ3v) is 4.16. The van der Waals surface area contributed by atoms with Gasteiger partial charge < -0.3 is 5.11 Å². The summed E-state index contributed by atoms with van der Waals surface area (Å²) < 4.78 is 0. The van der Waals surface area contributed by atoms with Crippen LogP contribution in [0.3, 0.4) is 0 Å². The van der Waals surface area contributed by atoms with Crippen LogP contribution in [0.15, 0.2) is 18.2 Å². The van der Waals surface area contributed by atoms with Gasteiger partial charge in [-0.3, -0.25) is 0 Å². The first kappa shape index (κ1) is 12.5. The van der Waals surface area contributed by atoms with Gasteiger partial charge in [0.05, 0.1) is 0 Å². The highest BCUT2D eigenvalue weighted by Gasteiger charge is 2.29. The molecular weight excluding hydrogens is 208 g/mol. The van der Waals surface area contributed by atoms with Crippen molar-refractivity contribution in [3.8, 4) is 5.75 Å². The molecule has 0 spiro atoms. The fraction of sp³-hybridized carbons (Fsp3) is 0.625. The topological polar surface area (TPSA) is 20.2 Å². The minimum absolute atomic E-state index is 0.457. The van der Waals surface area contributed by atoms with Crippen molar-refractivity contribution < 1.29 is 5.11 Å². The Morgan fingerprint density at radius 3 is 2.65 bits per heavy atom. The highest BCUT2D eigenvalue weighted by atomic mass is 16.3. The van der Waals surface area contributed by atoms with E-state index in [-0.39, 0.29) is 0 Å². The van der Waals surface area contributed by atoms with E-state index >= 15 is 0 Å². The Hall–Kier alpha value is -0.980. The van der Waals surface area contributed by atoms with Crippen molar-refractivity contribution in [2.45, 2.75) is 58.3 Å². The fourth-order valence-corrected chi connectivity index (χ4v) is 2.88. The maximum absolute atomic E-state index is 9.68. The van der Waals surface area contributed by atoms with E-state index in [0.717, 1.165) is 23.8 Å². The summed E-state index contributed by atoms with van der Waals surface area (Å²) in [7, 11) is 0. The molecule has 1 N–H and O–H groups in total. The second kappa shape index (κ2) is 5.57. The second-order valence-electron chi connectivity index (χ2n) is 5.42. The van der Waals surface area contributed by atoms with Gasteiger partial charge in [-0.1, -0.05) is 45.2 Å². The average molecular weight is 232 g/mol. The third kappa shape index (κ3) is 2.83. The first-order chi connectivity index (χ1) is 8.24. The summed E-state index contributed by atoms with van der Waals surface area (Å²) in [4.78, 5) is 0. The molecule has 0 amide bonds. The van der Waals surface area contributed by atoms with Crippen LogP contribution in [0.1, 0.15) is 63.0 Å². The van der Waals surface area contributed by atoms with E-state index in [2.05, 4.69) is 26.0 Å². The van der Waals surface area contributed by atoms with E-state index in [9.17, 15) is 5.11 Å². The standard InChI is InChI=1S/C16H24O/c1-3-5-6-12-9-15(10-12)14-7-8-16(17)13(4-2)11-14/h7-8,11-12,15,17H,3-6,9-10H2,1-2H3. The van der Waals surface area contributed by atoms with Crippen LogP contribution in [0.25, 0.3) is 0 Å². The van der Waals surface area contributed by atoms with Crippen molar-refractivity contribution in [2.75, 3.05) is 0 Å². The van der Waals surface area contributed by atoms with Gasteiger partial charge in [-0.2, -0.15) is 0 Å². The van der Waals surface area contributed by atoms with Crippen LogP contribution in [0.2, 0.25) is 0 Å². The van der Waals surface area contributed by atoms with Gasteiger partial charge >= 0.3 is 0 Å². The van der Waals surface area contributed by atoms with Crippen molar-refractivity contribution in [1.29, 1.82) is 0 Å².